The summed E-state index contributed by atoms with van der Waals surface area (Å²) in [6, 6.07) is 25.5. The molecule has 0 fully saturated rings. The Balaban J connectivity index is 1.43. The highest BCUT2D eigenvalue weighted by molar-refractivity contribution is 6.02. The molecule has 0 unspecified atom stereocenters. The number of methoxy groups -OCH3 is 1. The largest absolute Gasteiger partial charge is 0.497 e. The quantitative estimate of drug-likeness (QED) is 0.373. The lowest BCUT2D eigenvalue weighted by atomic mass is 10.1. The number of nitrogens with one attached hydrogen (secondary N) is 2. The molecule has 0 saturated carbocycles. The number of nitrogens with zero attached hydrogens (tertiary/aromatic N) is 2. The van der Waals surface area contributed by atoms with E-state index in [0.29, 0.717) is 34.2 Å². The molecule has 0 radical (unpaired) electrons. The molecule has 4 rings (SSSR count). The predicted octanol–water partition coefficient (Wildman–Crippen LogP) is 4.82. The smallest absolute Gasteiger partial charge is 0.251 e. The number of ketones is 1. The summed E-state index contributed by atoms with van der Waals surface area (Å²) in [7, 11) is 1.56. The molecule has 0 bridgehead atoms. The summed E-state index contributed by atoms with van der Waals surface area (Å²) in [5.74, 6) is 1.40. The van der Waals surface area contributed by atoms with Gasteiger partial charge in [0.15, 0.2) is 5.78 Å². The molecule has 0 spiro atoms. The van der Waals surface area contributed by atoms with Gasteiger partial charge >= 0.3 is 0 Å². The van der Waals surface area contributed by atoms with Crippen molar-refractivity contribution in [1.82, 2.24) is 15.3 Å². The van der Waals surface area contributed by atoms with Crippen molar-refractivity contribution in [3.8, 4) is 17.0 Å². The van der Waals surface area contributed by atoms with Gasteiger partial charge < -0.3 is 15.4 Å². The van der Waals surface area contributed by atoms with Gasteiger partial charge in [0, 0.05) is 28.4 Å². The average Bonchev–Trinajstić information content (AvgIpc) is 2.87. The number of aryl methyl sites for hydroxylation is 1. The third-order valence-corrected chi connectivity index (χ3v) is 5.13. The van der Waals surface area contributed by atoms with E-state index in [-0.39, 0.29) is 18.2 Å². The van der Waals surface area contributed by atoms with Gasteiger partial charge in [0.2, 0.25) is 0 Å². The number of Topliss-reactive ketones (excluding diaryl/α,β-unsaturated/α-hetero) is 1. The van der Waals surface area contributed by atoms with Crippen LogP contribution in [0.25, 0.3) is 11.3 Å². The predicted molar refractivity (Wildman–Crippen MR) is 132 cm³/mol. The topological polar surface area (TPSA) is 93.2 Å². The van der Waals surface area contributed by atoms with Crippen molar-refractivity contribution in [3.05, 3.63) is 102 Å². The molecule has 7 nitrogen and oxygen atoms in total. The van der Waals surface area contributed by atoms with Crippen LogP contribution in [0.2, 0.25) is 0 Å². The van der Waals surface area contributed by atoms with E-state index in [1.165, 1.54) is 0 Å². The van der Waals surface area contributed by atoms with Crippen LogP contribution in [0, 0.1) is 6.92 Å². The van der Waals surface area contributed by atoms with Crippen LogP contribution in [0.5, 0.6) is 5.75 Å². The normalized spacial score (nSPS) is 10.4. The Bertz CT molecular complexity index is 1310. The van der Waals surface area contributed by atoms with E-state index in [0.717, 1.165) is 11.3 Å². The third-order valence-electron chi connectivity index (χ3n) is 5.13. The zero-order valence-electron chi connectivity index (χ0n) is 18.9. The lowest BCUT2D eigenvalue weighted by Gasteiger charge is -2.10. The van der Waals surface area contributed by atoms with Crippen LogP contribution < -0.4 is 15.4 Å². The molecule has 34 heavy (non-hydrogen) atoms. The molecule has 170 valence electrons. The maximum atomic E-state index is 12.6. The minimum atomic E-state index is -0.339. The fourth-order valence-electron chi connectivity index (χ4n) is 3.42. The summed E-state index contributed by atoms with van der Waals surface area (Å²) in [6.07, 6.45) is 0. The third kappa shape index (κ3) is 5.63. The van der Waals surface area contributed by atoms with Gasteiger partial charge in [0.25, 0.3) is 5.91 Å². The molecule has 0 saturated heterocycles. The highest BCUT2D eigenvalue weighted by Crippen LogP contribution is 2.22. The Labute approximate surface area is 197 Å². The number of hydrogen-bond donors (Lipinski definition) is 2. The van der Waals surface area contributed by atoms with Crippen LogP contribution in [0.4, 0.5) is 11.5 Å². The number of hydrogen-bond acceptors (Lipinski definition) is 6. The van der Waals surface area contributed by atoms with Gasteiger partial charge in [0.1, 0.15) is 17.4 Å². The SMILES string of the molecule is COc1ccc(C(=O)CNC(=O)c2cccc(Nc3cc(-c4ccccc4)nc(C)n3)c2)cc1. The second-order valence-corrected chi connectivity index (χ2v) is 7.59. The van der Waals surface area contributed by atoms with Gasteiger partial charge in [0.05, 0.1) is 19.3 Å². The standard InChI is InChI=1S/C27H24N4O3/c1-18-29-24(19-7-4-3-5-8-19)16-26(30-18)31-22-10-6-9-21(15-22)27(33)28-17-25(32)20-11-13-23(34-2)14-12-20/h3-16H,17H2,1-2H3,(H,28,33)(H,29,30,31). The van der Waals surface area contributed by atoms with Crippen molar-refractivity contribution < 1.29 is 14.3 Å². The van der Waals surface area contributed by atoms with Crippen LogP contribution in [0.1, 0.15) is 26.5 Å². The highest BCUT2D eigenvalue weighted by Gasteiger charge is 2.11. The Morgan fingerprint density at radius 3 is 2.35 bits per heavy atom. The molecule has 0 aliphatic rings. The molecule has 7 heteroatoms. The molecule has 4 aromatic rings. The Hall–Kier alpha value is -4.52. The van der Waals surface area contributed by atoms with Crippen LogP contribution in [0.3, 0.4) is 0 Å². The second-order valence-electron chi connectivity index (χ2n) is 7.59. The average molecular weight is 453 g/mol. The van der Waals surface area contributed by atoms with Crippen molar-refractivity contribution >= 4 is 23.2 Å². The van der Waals surface area contributed by atoms with Gasteiger partial charge in [-0.05, 0) is 49.4 Å². The van der Waals surface area contributed by atoms with Crippen LogP contribution in [-0.2, 0) is 0 Å². The molecular formula is C27H24N4O3. The fraction of sp³-hybridized carbons (Fsp3) is 0.111. The highest BCUT2D eigenvalue weighted by atomic mass is 16.5. The van der Waals surface area contributed by atoms with E-state index < -0.39 is 0 Å². The second kappa shape index (κ2) is 10.4. The van der Waals surface area contributed by atoms with E-state index >= 15 is 0 Å². The minimum Gasteiger partial charge on any atom is -0.497 e. The number of benzene rings is 3. The maximum Gasteiger partial charge on any atom is 0.251 e. The lowest BCUT2D eigenvalue weighted by molar-refractivity contribution is 0.0904. The lowest BCUT2D eigenvalue weighted by Crippen LogP contribution is -2.29. The van der Waals surface area contributed by atoms with Crippen molar-refractivity contribution in [1.29, 1.82) is 0 Å². The van der Waals surface area contributed by atoms with E-state index in [1.54, 1.807) is 49.6 Å². The van der Waals surface area contributed by atoms with Gasteiger partial charge in [-0.25, -0.2) is 9.97 Å². The molecule has 2 N–H and O–H groups in total. The molecule has 0 aliphatic heterocycles. The van der Waals surface area contributed by atoms with Crippen LogP contribution in [-0.4, -0.2) is 35.3 Å². The van der Waals surface area contributed by atoms with Crippen molar-refractivity contribution in [3.63, 3.8) is 0 Å². The Kier molecular flexibility index (Phi) is 6.93. The van der Waals surface area contributed by atoms with Gasteiger partial charge in [-0.3, -0.25) is 9.59 Å². The number of amides is 1. The summed E-state index contributed by atoms with van der Waals surface area (Å²) in [4.78, 5) is 34.0. The fourth-order valence-corrected chi connectivity index (χ4v) is 3.42. The first-order valence-electron chi connectivity index (χ1n) is 10.8. The zero-order chi connectivity index (χ0) is 23.9. The van der Waals surface area contributed by atoms with Gasteiger partial charge in [-0.2, -0.15) is 0 Å². The summed E-state index contributed by atoms with van der Waals surface area (Å²) in [6.45, 7) is 1.73. The minimum absolute atomic E-state index is 0.103. The monoisotopic (exact) mass is 452 g/mol. The summed E-state index contributed by atoms with van der Waals surface area (Å²) < 4.78 is 5.10. The maximum absolute atomic E-state index is 12.6. The summed E-state index contributed by atoms with van der Waals surface area (Å²) in [5, 5.41) is 5.93. The van der Waals surface area contributed by atoms with Crippen LogP contribution >= 0.6 is 0 Å². The van der Waals surface area contributed by atoms with E-state index in [2.05, 4.69) is 20.6 Å². The van der Waals surface area contributed by atoms with Gasteiger partial charge in [-0.15, -0.1) is 0 Å². The number of carbonyl (C=O) groups is 2. The molecule has 0 atom stereocenters. The first-order valence-corrected chi connectivity index (χ1v) is 10.8. The molecule has 1 heterocycles. The zero-order valence-corrected chi connectivity index (χ0v) is 18.9. The van der Waals surface area contributed by atoms with Crippen LogP contribution in [0.15, 0.2) is 84.9 Å². The van der Waals surface area contributed by atoms with Crippen molar-refractivity contribution in [2.24, 2.45) is 0 Å². The van der Waals surface area contributed by atoms with Crippen molar-refractivity contribution in [2.75, 3.05) is 19.0 Å². The van der Waals surface area contributed by atoms with E-state index in [4.69, 9.17) is 4.74 Å². The van der Waals surface area contributed by atoms with Gasteiger partial charge in [-0.1, -0.05) is 36.4 Å². The molecule has 0 aliphatic carbocycles. The van der Waals surface area contributed by atoms with E-state index in [9.17, 15) is 9.59 Å². The molecule has 1 aromatic heterocycles. The number of aromatic nitrogens is 2. The first kappa shape index (κ1) is 22.7. The number of ether oxygens (including phenoxy) is 1. The summed E-state index contributed by atoms with van der Waals surface area (Å²) >= 11 is 0. The first-order chi connectivity index (χ1) is 16.5. The summed E-state index contributed by atoms with van der Waals surface area (Å²) in [5.41, 5.74) is 3.44. The Morgan fingerprint density at radius 1 is 0.853 bits per heavy atom. The molecular weight excluding hydrogens is 428 g/mol. The number of carbonyl (C=O) groups excluding carboxylic acids is 2. The molecule has 3 aromatic carbocycles. The molecule has 1 amide bonds. The van der Waals surface area contributed by atoms with Crippen molar-refractivity contribution in [2.45, 2.75) is 6.92 Å². The Morgan fingerprint density at radius 2 is 1.62 bits per heavy atom. The number of rotatable bonds is 8. The van der Waals surface area contributed by atoms with E-state index in [1.807, 2.05) is 49.4 Å². The number of anilines is 2.